The summed E-state index contributed by atoms with van der Waals surface area (Å²) in [4.78, 5) is 23.9. The van der Waals surface area contributed by atoms with Crippen molar-refractivity contribution in [2.75, 3.05) is 11.9 Å². The summed E-state index contributed by atoms with van der Waals surface area (Å²) in [5.74, 6) is -0.141. The molecule has 0 bridgehead atoms. The van der Waals surface area contributed by atoms with Crippen molar-refractivity contribution in [1.82, 2.24) is 24.8 Å². The van der Waals surface area contributed by atoms with Gasteiger partial charge in [0.05, 0.1) is 29.7 Å². The van der Waals surface area contributed by atoms with Gasteiger partial charge in [0.2, 0.25) is 5.91 Å². The van der Waals surface area contributed by atoms with Crippen LogP contribution in [0.15, 0.2) is 91.4 Å². The number of nitrogens with one attached hydrogen (secondary N) is 2. The number of para-hydroxylation sites is 1. The van der Waals surface area contributed by atoms with E-state index in [-0.39, 0.29) is 24.5 Å². The molecule has 0 aliphatic carbocycles. The van der Waals surface area contributed by atoms with E-state index >= 15 is 0 Å². The van der Waals surface area contributed by atoms with Gasteiger partial charge in [-0.25, -0.2) is 0 Å². The lowest BCUT2D eigenvalue weighted by Gasteiger charge is -2.28. The molecule has 34 heavy (non-hydrogen) atoms. The third kappa shape index (κ3) is 4.27. The lowest BCUT2D eigenvalue weighted by Crippen LogP contribution is -2.37. The van der Waals surface area contributed by atoms with Gasteiger partial charge in [0, 0.05) is 29.5 Å². The molecule has 0 radical (unpaired) electrons. The van der Waals surface area contributed by atoms with Gasteiger partial charge in [-0.3, -0.25) is 14.8 Å². The summed E-state index contributed by atoms with van der Waals surface area (Å²) in [5.41, 5.74) is 4.62. The number of rotatable bonds is 6. The van der Waals surface area contributed by atoms with Gasteiger partial charge in [-0.05, 0) is 67.7 Å². The Morgan fingerprint density at radius 2 is 1.85 bits per heavy atom. The van der Waals surface area contributed by atoms with Crippen molar-refractivity contribution in [3.8, 4) is 5.69 Å². The third-order valence-corrected chi connectivity index (χ3v) is 6.23. The standard InChI is InChI=1S/C26H24N6OS/c1-18-12-13-22(32(18)20-10-7-14-27-16-20)25-24(21-11-5-6-15-28-21)30-26(34)31(25)17-23(33)29-19-8-3-2-4-9-19/h2-16,24-25H,17H2,1H3,(H,29,33)(H,30,34)/t24-,25-/m1/s1. The highest BCUT2D eigenvalue weighted by atomic mass is 32.1. The highest BCUT2D eigenvalue weighted by Gasteiger charge is 2.42. The number of pyridine rings is 2. The van der Waals surface area contributed by atoms with E-state index in [4.69, 9.17) is 12.2 Å². The maximum atomic E-state index is 13.0. The number of hydrogen-bond donors (Lipinski definition) is 2. The number of aromatic nitrogens is 3. The normalized spacial score (nSPS) is 17.4. The fourth-order valence-electron chi connectivity index (χ4n) is 4.40. The average Bonchev–Trinajstić information content (AvgIpc) is 3.40. The van der Waals surface area contributed by atoms with Gasteiger partial charge < -0.3 is 20.1 Å². The molecule has 8 heteroatoms. The molecule has 2 atom stereocenters. The number of benzene rings is 1. The van der Waals surface area contributed by atoms with Crippen molar-refractivity contribution in [2.45, 2.75) is 19.0 Å². The van der Waals surface area contributed by atoms with Crippen LogP contribution in [-0.2, 0) is 4.79 Å². The maximum Gasteiger partial charge on any atom is 0.244 e. The molecule has 1 aromatic carbocycles. The highest BCUT2D eigenvalue weighted by molar-refractivity contribution is 7.80. The smallest absolute Gasteiger partial charge is 0.244 e. The monoisotopic (exact) mass is 468 g/mol. The van der Waals surface area contributed by atoms with Crippen LogP contribution in [0, 0.1) is 6.92 Å². The van der Waals surface area contributed by atoms with Crippen LogP contribution >= 0.6 is 12.2 Å². The average molecular weight is 469 g/mol. The van der Waals surface area contributed by atoms with Crippen LogP contribution in [0.5, 0.6) is 0 Å². The Balaban J connectivity index is 1.54. The summed E-state index contributed by atoms with van der Waals surface area (Å²) in [5, 5.41) is 6.89. The van der Waals surface area contributed by atoms with E-state index in [1.165, 1.54) is 0 Å². The number of carbonyl (C=O) groups is 1. The van der Waals surface area contributed by atoms with E-state index in [1.54, 1.807) is 12.4 Å². The zero-order valence-electron chi connectivity index (χ0n) is 18.6. The van der Waals surface area contributed by atoms with Crippen molar-refractivity contribution in [3.05, 3.63) is 108 Å². The van der Waals surface area contributed by atoms with E-state index in [0.29, 0.717) is 5.11 Å². The van der Waals surface area contributed by atoms with E-state index < -0.39 is 0 Å². The number of thiocarbonyl (C=S) groups is 1. The molecule has 0 saturated carbocycles. The molecular formula is C26H24N6OS. The van der Waals surface area contributed by atoms with Crippen LogP contribution in [-0.4, -0.2) is 37.0 Å². The van der Waals surface area contributed by atoms with Crippen LogP contribution in [0.4, 0.5) is 5.69 Å². The van der Waals surface area contributed by atoms with Crippen molar-refractivity contribution in [2.24, 2.45) is 0 Å². The van der Waals surface area contributed by atoms with E-state index in [2.05, 4.69) is 44.2 Å². The number of carbonyl (C=O) groups excluding carboxylic acids is 1. The fraction of sp³-hybridized carbons (Fsp3) is 0.154. The number of nitrogens with zero attached hydrogens (tertiary/aromatic N) is 4. The zero-order valence-corrected chi connectivity index (χ0v) is 19.4. The van der Waals surface area contributed by atoms with Gasteiger partial charge in [0.25, 0.3) is 0 Å². The molecule has 0 spiro atoms. The van der Waals surface area contributed by atoms with Crippen LogP contribution in [0.3, 0.4) is 0 Å². The molecule has 1 aliphatic heterocycles. The molecule has 170 valence electrons. The topological polar surface area (TPSA) is 75.1 Å². The first-order valence-electron chi connectivity index (χ1n) is 11.0. The van der Waals surface area contributed by atoms with Crippen LogP contribution in [0.25, 0.3) is 5.69 Å². The van der Waals surface area contributed by atoms with Crippen molar-refractivity contribution >= 4 is 28.9 Å². The first-order valence-corrected chi connectivity index (χ1v) is 11.4. The molecule has 1 saturated heterocycles. The molecule has 5 rings (SSSR count). The number of hydrogen-bond acceptors (Lipinski definition) is 4. The van der Waals surface area contributed by atoms with Gasteiger partial charge in [0.15, 0.2) is 5.11 Å². The zero-order chi connectivity index (χ0) is 23.5. The Morgan fingerprint density at radius 1 is 1.03 bits per heavy atom. The molecule has 0 unspecified atom stereocenters. The lowest BCUT2D eigenvalue weighted by atomic mass is 10.0. The predicted molar refractivity (Wildman–Crippen MR) is 136 cm³/mol. The van der Waals surface area contributed by atoms with Crippen molar-refractivity contribution in [3.63, 3.8) is 0 Å². The highest BCUT2D eigenvalue weighted by Crippen LogP contribution is 2.40. The summed E-state index contributed by atoms with van der Waals surface area (Å²) in [7, 11) is 0. The minimum Gasteiger partial charge on any atom is -0.352 e. The largest absolute Gasteiger partial charge is 0.352 e. The summed E-state index contributed by atoms with van der Waals surface area (Å²) >= 11 is 5.73. The van der Waals surface area contributed by atoms with E-state index in [1.807, 2.05) is 71.8 Å². The van der Waals surface area contributed by atoms with Crippen LogP contribution < -0.4 is 10.6 Å². The molecule has 4 aromatic rings. The first kappa shape index (κ1) is 21.8. The quantitative estimate of drug-likeness (QED) is 0.414. The van der Waals surface area contributed by atoms with Crippen LogP contribution in [0.1, 0.15) is 29.2 Å². The van der Waals surface area contributed by atoms with E-state index in [0.717, 1.165) is 28.5 Å². The predicted octanol–water partition coefficient (Wildman–Crippen LogP) is 4.19. The SMILES string of the molecule is Cc1ccc([C@@H]2[C@@H](c3ccccn3)NC(=S)N2CC(=O)Nc2ccccc2)n1-c1cccnc1. The summed E-state index contributed by atoms with van der Waals surface area (Å²) in [6, 6.07) is 22.9. The molecule has 1 amide bonds. The third-order valence-electron chi connectivity index (χ3n) is 5.88. The lowest BCUT2D eigenvalue weighted by molar-refractivity contribution is -0.116. The fourth-order valence-corrected chi connectivity index (χ4v) is 4.71. The molecule has 7 nitrogen and oxygen atoms in total. The molecule has 2 N–H and O–H groups in total. The van der Waals surface area contributed by atoms with Crippen molar-refractivity contribution in [1.29, 1.82) is 0 Å². The Hall–Kier alpha value is -4.04. The summed E-state index contributed by atoms with van der Waals surface area (Å²) in [6.07, 6.45) is 5.36. The second-order valence-corrected chi connectivity index (χ2v) is 8.50. The molecular weight excluding hydrogens is 444 g/mol. The number of amides is 1. The molecule has 1 aliphatic rings. The summed E-state index contributed by atoms with van der Waals surface area (Å²) < 4.78 is 2.16. The Morgan fingerprint density at radius 3 is 2.59 bits per heavy atom. The van der Waals surface area contributed by atoms with Gasteiger partial charge in [-0.1, -0.05) is 24.3 Å². The first-order chi connectivity index (χ1) is 16.6. The second kappa shape index (κ2) is 9.44. The van der Waals surface area contributed by atoms with Gasteiger partial charge in [-0.15, -0.1) is 0 Å². The minimum atomic E-state index is -0.252. The summed E-state index contributed by atoms with van der Waals surface area (Å²) in [6.45, 7) is 2.16. The van der Waals surface area contributed by atoms with Crippen molar-refractivity contribution < 1.29 is 4.79 Å². The number of aryl methyl sites for hydroxylation is 1. The van der Waals surface area contributed by atoms with Gasteiger partial charge in [-0.2, -0.15) is 0 Å². The minimum absolute atomic E-state index is 0.103. The maximum absolute atomic E-state index is 13.0. The Labute approximate surface area is 203 Å². The van der Waals surface area contributed by atoms with E-state index in [9.17, 15) is 4.79 Å². The Bertz CT molecular complexity index is 1290. The Kier molecular flexibility index (Phi) is 6.05. The van der Waals surface area contributed by atoms with Gasteiger partial charge >= 0.3 is 0 Å². The molecule has 3 aromatic heterocycles. The van der Waals surface area contributed by atoms with Crippen LogP contribution in [0.2, 0.25) is 0 Å². The molecule has 4 heterocycles. The second-order valence-electron chi connectivity index (χ2n) is 8.11. The van der Waals surface area contributed by atoms with Gasteiger partial charge in [0.1, 0.15) is 6.54 Å². The number of anilines is 1. The molecule has 1 fully saturated rings.